The summed E-state index contributed by atoms with van der Waals surface area (Å²) < 4.78 is 15.1. The summed E-state index contributed by atoms with van der Waals surface area (Å²) in [4.78, 5) is 4.34. The lowest BCUT2D eigenvalue weighted by Crippen LogP contribution is -2.10. The first-order valence-corrected chi connectivity index (χ1v) is 7.98. The molecule has 1 aliphatic heterocycles. The molecular formula is C19H15FN4. The first kappa shape index (κ1) is 14.6. The molecule has 5 heteroatoms. The Labute approximate surface area is 139 Å². The molecule has 118 valence electrons. The molecule has 0 spiro atoms. The van der Waals surface area contributed by atoms with Crippen LogP contribution in [0.3, 0.4) is 0 Å². The smallest absolute Gasteiger partial charge is 0.123 e. The van der Waals surface area contributed by atoms with Gasteiger partial charge in [-0.3, -0.25) is 9.67 Å². The molecule has 0 saturated carbocycles. The molecule has 0 fully saturated rings. The van der Waals surface area contributed by atoms with Crippen LogP contribution in [0.2, 0.25) is 0 Å². The Balaban J connectivity index is 1.81. The van der Waals surface area contributed by atoms with E-state index in [1.54, 1.807) is 18.3 Å². The second kappa shape index (κ2) is 5.89. The number of nitriles is 1. The minimum absolute atomic E-state index is 0.283. The average molecular weight is 318 g/mol. The lowest BCUT2D eigenvalue weighted by atomic mass is 10.0. The van der Waals surface area contributed by atoms with Gasteiger partial charge in [-0.05, 0) is 55.7 Å². The quantitative estimate of drug-likeness (QED) is 0.718. The van der Waals surface area contributed by atoms with Crippen LogP contribution in [0.1, 0.15) is 24.1 Å². The van der Waals surface area contributed by atoms with Crippen molar-refractivity contribution in [3.8, 4) is 28.6 Å². The maximum Gasteiger partial charge on any atom is 0.123 e. The summed E-state index contributed by atoms with van der Waals surface area (Å²) >= 11 is 0. The van der Waals surface area contributed by atoms with Gasteiger partial charge in [-0.2, -0.15) is 10.4 Å². The highest BCUT2D eigenvalue weighted by molar-refractivity contribution is 5.73. The first-order chi connectivity index (χ1) is 11.7. The van der Waals surface area contributed by atoms with Crippen LogP contribution < -0.4 is 0 Å². The highest BCUT2D eigenvalue weighted by Gasteiger charge is 2.16. The number of hydrogen-bond acceptors (Lipinski definition) is 3. The van der Waals surface area contributed by atoms with Crippen molar-refractivity contribution in [2.75, 3.05) is 0 Å². The van der Waals surface area contributed by atoms with E-state index < -0.39 is 0 Å². The minimum atomic E-state index is -0.283. The van der Waals surface area contributed by atoms with Crippen LogP contribution >= 0.6 is 0 Å². The maximum atomic E-state index is 13.1. The SMILES string of the molecule is N#Cc1cnc(-c2ccc(F)cc2)cc1-c1cc2n(n1)CCCC2. The van der Waals surface area contributed by atoms with Crippen LogP contribution in [0, 0.1) is 17.1 Å². The highest BCUT2D eigenvalue weighted by atomic mass is 19.1. The Morgan fingerprint density at radius 2 is 1.92 bits per heavy atom. The van der Waals surface area contributed by atoms with Crippen molar-refractivity contribution in [2.24, 2.45) is 0 Å². The molecule has 4 nitrogen and oxygen atoms in total. The molecule has 0 saturated heterocycles. The van der Waals surface area contributed by atoms with E-state index in [-0.39, 0.29) is 5.82 Å². The van der Waals surface area contributed by atoms with Crippen molar-refractivity contribution in [3.05, 3.63) is 59.7 Å². The Kier molecular flexibility index (Phi) is 3.58. The maximum absolute atomic E-state index is 13.1. The normalized spacial score (nSPS) is 13.3. The lowest BCUT2D eigenvalue weighted by Gasteiger charge is -2.11. The number of rotatable bonds is 2. The second-order valence-corrected chi connectivity index (χ2v) is 5.93. The summed E-state index contributed by atoms with van der Waals surface area (Å²) in [5, 5.41) is 14.1. The third-order valence-corrected chi connectivity index (χ3v) is 4.36. The number of halogens is 1. The molecule has 3 heterocycles. The summed E-state index contributed by atoms with van der Waals surface area (Å²) in [7, 11) is 0. The van der Waals surface area contributed by atoms with E-state index in [4.69, 9.17) is 0 Å². The molecule has 24 heavy (non-hydrogen) atoms. The van der Waals surface area contributed by atoms with Crippen LogP contribution in [0.25, 0.3) is 22.5 Å². The third-order valence-electron chi connectivity index (χ3n) is 4.36. The molecule has 0 unspecified atom stereocenters. The van der Waals surface area contributed by atoms with Gasteiger partial charge in [0.1, 0.15) is 11.9 Å². The molecule has 0 aliphatic carbocycles. The zero-order valence-electron chi connectivity index (χ0n) is 13.0. The number of nitrogens with zero attached hydrogens (tertiary/aromatic N) is 4. The van der Waals surface area contributed by atoms with Crippen molar-refractivity contribution in [1.82, 2.24) is 14.8 Å². The summed E-state index contributed by atoms with van der Waals surface area (Å²) in [5.41, 5.74) is 4.79. The first-order valence-electron chi connectivity index (χ1n) is 7.98. The molecule has 0 radical (unpaired) electrons. The fraction of sp³-hybridized carbons (Fsp3) is 0.211. The Morgan fingerprint density at radius 1 is 1.08 bits per heavy atom. The fourth-order valence-corrected chi connectivity index (χ4v) is 3.08. The zero-order chi connectivity index (χ0) is 16.5. The minimum Gasteiger partial charge on any atom is -0.269 e. The number of aromatic nitrogens is 3. The molecule has 1 aliphatic rings. The van der Waals surface area contributed by atoms with Crippen molar-refractivity contribution in [3.63, 3.8) is 0 Å². The van der Waals surface area contributed by atoms with Crippen molar-refractivity contribution in [2.45, 2.75) is 25.8 Å². The van der Waals surface area contributed by atoms with E-state index >= 15 is 0 Å². The monoisotopic (exact) mass is 318 g/mol. The number of hydrogen-bond donors (Lipinski definition) is 0. The van der Waals surface area contributed by atoms with Gasteiger partial charge in [-0.15, -0.1) is 0 Å². The number of fused-ring (bicyclic) bond motifs is 1. The van der Waals surface area contributed by atoms with Gasteiger partial charge in [0.25, 0.3) is 0 Å². The third kappa shape index (κ3) is 2.56. The average Bonchev–Trinajstić information content (AvgIpc) is 3.06. The van der Waals surface area contributed by atoms with Gasteiger partial charge in [-0.25, -0.2) is 4.39 Å². The number of aryl methyl sites for hydroxylation is 2. The summed E-state index contributed by atoms with van der Waals surface area (Å²) in [6.07, 6.45) is 4.89. The van der Waals surface area contributed by atoms with E-state index in [0.717, 1.165) is 36.2 Å². The molecule has 0 atom stereocenters. The molecule has 3 aromatic rings. The molecule has 2 aromatic heterocycles. The molecule has 0 N–H and O–H groups in total. The summed E-state index contributed by atoms with van der Waals surface area (Å²) in [6, 6.07) is 12.3. The summed E-state index contributed by atoms with van der Waals surface area (Å²) in [6.45, 7) is 0.924. The van der Waals surface area contributed by atoms with Gasteiger partial charge >= 0.3 is 0 Å². The van der Waals surface area contributed by atoms with Crippen LogP contribution in [-0.2, 0) is 13.0 Å². The van der Waals surface area contributed by atoms with Gasteiger partial charge < -0.3 is 0 Å². The van der Waals surface area contributed by atoms with Crippen LogP contribution in [0.15, 0.2) is 42.6 Å². The molecular weight excluding hydrogens is 303 g/mol. The Morgan fingerprint density at radius 3 is 2.67 bits per heavy atom. The van der Waals surface area contributed by atoms with E-state index in [1.165, 1.54) is 24.2 Å². The fourth-order valence-electron chi connectivity index (χ4n) is 3.08. The highest BCUT2D eigenvalue weighted by Crippen LogP contribution is 2.29. The zero-order valence-corrected chi connectivity index (χ0v) is 13.0. The van der Waals surface area contributed by atoms with E-state index in [0.29, 0.717) is 11.3 Å². The van der Waals surface area contributed by atoms with Crippen LogP contribution in [-0.4, -0.2) is 14.8 Å². The largest absolute Gasteiger partial charge is 0.269 e. The van der Waals surface area contributed by atoms with Crippen molar-refractivity contribution in [1.29, 1.82) is 5.26 Å². The van der Waals surface area contributed by atoms with E-state index in [2.05, 4.69) is 22.2 Å². The Bertz CT molecular complexity index is 911. The van der Waals surface area contributed by atoms with Crippen LogP contribution in [0.5, 0.6) is 0 Å². The standard InChI is InChI=1S/C19H15FN4/c20-15-6-4-13(5-7-15)18-10-17(14(11-21)12-22-18)19-9-16-3-1-2-8-24(16)23-19/h4-7,9-10,12H,1-3,8H2. The van der Waals surface area contributed by atoms with Gasteiger partial charge in [0.05, 0.1) is 17.0 Å². The van der Waals surface area contributed by atoms with Gasteiger partial charge in [0, 0.05) is 29.6 Å². The van der Waals surface area contributed by atoms with E-state index in [1.807, 2.05) is 10.7 Å². The predicted octanol–water partition coefficient (Wildman–Crippen LogP) is 3.96. The molecule has 0 bridgehead atoms. The van der Waals surface area contributed by atoms with Gasteiger partial charge in [0.15, 0.2) is 0 Å². The molecule has 4 rings (SSSR count). The van der Waals surface area contributed by atoms with Crippen molar-refractivity contribution < 1.29 is 4.39 Å². The molecule has 0 amide bonds. The van der Waals surface area contributed by atoms with Gasteiger partial charge in [-0.1, -0.05) is 0 Å². The number of pyridine rings is 1. The molecule has 1 aromatic carbocycles. The van der Waals surface area contributed by atoms with E-state index in [9.17, 15) is 9.65 Å². The van der Waals surface area contributed by atoms with Crippen LogP contribution in [0.4, 0.5) is 4.39 Å². The van der Waals surface area contributed by atoms with Gasteiger partial charge in [0.2, 0.25) is 0 Å². The lowest BCUT2D eigenvalue weighted by molar-refractivity contribution is 0.487. The van der Waals surface area contributed by atoms with Crippen molar-refractivity contribution >= 4 is 0 Å². The predicted molar refractivity (Wildman–Crippen MR) is 88.5 cm³/mol. The summed E-state index contributed by atoms with van der Waals surface area (Å²) in [5.74, 6) is -0.283. The second-order valence-electron chi connectivity index (χ2n) is 5.93. The topological polar surface area (TPSA) is 54.5 Å². The number of benzene rings is 1. The Hall–Kier alpha value is -3.00.